The van der Waals surface area contributed by atoms with Crippen molar-refractivity contribution in [2.75, 3.05) is 6.54 Å². The first-order valence-electron chi connectivity index (χ1n) is 5.66. The Morgan fingerprint density at radius 3 is 2.50 bits per heavy atom. The second-order valence-corrected chi connectivity index (χ2v) is 4.99. The van der Waals surface area contributed by atoms with Gasteiger partial charge in [-0.3, -0.25) is 10.1 Å². The maximum atomic E-state index is 11.6. The zero-order chi connectivity index (χ0) is 12.2. The van der Waals surface area contributed by atoms with Gasteiger partial charge in [0.05, 0.1) is 6.04 Å². The van der Waals surface area contributed by atoms with Crippen LogP contribution in [-0.4, -0.2) is 30.2 Å². The summed E-state index contributed by atoms with van der Waals surface area (Å²) in [6.07, 6.45) is 2.19. The Kier molecular flexibility index (Phi) is 4.29. The fourth-order valence-electron chi connectivity index (χ4n) is 1.57. The Morgan fingerprint density at radius 2 is 2.00 bits per heavy atom. The lowest BCUT2D eigenvalue weighted by Gasteiger charge is -2.23. The van der Waals surface area contributed by atoms with Gasteiger partial charge in [-0.25, -0.2) is 4.79 Å². The van der Waals surface area contributed by atoms with Crippen molar-refractivity contribution >= 4 is 12.0 Å². The highest BCUT2D eigenvalue weighted by atomic mass is 16.6. The molecule has 0 bridgehead atoms. The molecular formula is C11H20N2O3. The van der Waals surface area contributed by atoms with E-state index in [0.29, 0.717) is 0 Å². The van der Waals surface area contributed by atoms with Crippen molar-refractivity contribution < 1.29 is 14.3 Å². The van der Waals surface area contributed by atoms with Crippen molar-refractivity contribution in [2.45, 2.75) is 51.7 Å². The summed E-state index contributed by atoms with van der Waals surface area (Å²) < 4.78 is 5.00. The van der Waals surface area contributed by atoms with E-state index in [1.54, 1.807) is 20.8 Å². The molecule has 0 aromatic rings. The fourth-order valence-corrected chi connectivity index (χ4v) is 1.57. The summed E-state index contributed by atoms with van der Waals surface area (Å²) in [7, 11) is 0. The molecule has 0 radical (unpaired) electrons. The number of piperidine rings is 1. The van der Waals surface area contributed by atoms with Crippen LogP contribution in [0, 0.1) is 0 Å². The summed E-state index contributed by atoms with van der Waals surface area (Å²) in [6, 6.07) is -0.263. The quantitative estimate of drug-likeness (QED) is 0.707. The molecule has 5 nitrogen and oxygen atoms in total. The molecule has 5 heteroatoms. The van der Waals surface area contributed by atoms with Crippen molar-refractivity contribution in [1.29, 1.82) is 0 Å². The van der Waals surface area contributed by atoms with Crippen LogP contribution >= 0.6 is 0 Å². The molecule has 1 atom stereocenters. The van der Waals surface area contributed by atoms with Crippen molar-refractivity contribution in [3.8, 4) is 0 Å². The highest BCUT2D eigenvalue weighted by Crippen LogP contribution is 2.09. The van der Waals surface area contributed by atoms with Gasteiger partial charge in [-0.2, -0.15) is 0 Å². The van der Waals surface area contributed by atoms with Crippen LogP contribution < -0.4 is 10.6 Å². The van der Waals surface area contributed by atoms with E-state index in [0.717, 1.165) is 25.8 Å². The molecule has 1 heterocycles. The molecule has 0 aliphatic carbocycles. The largest absolute Gasteiger partial charge is 0.444 e. The minimum Gasteiger partial charge on any atom is -0.444 e. The average molecular weight is 228 g/mol. The molecular weight excluding hydrogens is 208 g/mol. The number of ether oxygens (including phenoxy) is 1. The standard InChI is InChI=1S/C11H20N2O3/c1-11(2,3)16-10(15)13-9(14)8-6-4-5-7-12-8/h8,12H,4-7H2,1-3H3,(H,13,14,15)/t8-/m1/s1. The fraction of sp³-hybridized carbons (Fsp3) is 0.818. The molecule has 2 amide bonds. The summed E-state index contributed by atoms with van der Waals surface area (Å²) in [5, 5.41) is 5.31. The molecule has 92 valence electrons. The van der Waals surface area contributed by atoms with Crippen LogP contribution in [0.2, 0.25) is 0 Å². The van der Waals surface area contributed by atoms with Gasteiger partial charge in [0.2, 0.25) is 5.91 Å². The summed E-state index contributed by atoms with van der Waals surface area (Å²) in [4.78, 5) is 22.9. The molecule has 1 aliphatic rings. The van der Waals surface area contributed by atoms with E-state index in [2.05, 4.69) is 10.6 Å². The number of imide groups is 1. The Bertz CT molecular complexity index is 265. The molecule has 0 aromatic carbocycles. The van der Waals surface area contributed by atoms with Crippen LogP contribution in [-0.2, 0) is 9.53 Å². The first-order chi connectivity index (χ1) is 7.38. The number of carbonyl (C=O) groups excluding carboxylic acids is 2. The zero-order valence-corrected chi connectivity index (χ0v) is 10.1. The third-order valence-electron chi connectivity index (χ3n) is 2.25. The highest BCUT2D eigenvalue weighted by Gasteiger charge is 2.24. The first-order valence-corrected chi connectivity index (χ1v) is 5.66. The SMILES string of the molecule is CC(C)(C)OC(=O)NC(=O)[C@H]1CCCCN1. The maximum absolute atomic E-state index is 11.6. The molecule has 1 aliphatic heterocycles. The van der Waals surface area contributed by atoms with Gasteiger partial charge >= 0.3 is 6.09 Å². The van der Waals surface area contributed by atoms with E-state index < -0.39 is 11.7 Å². The van der Waals surface area contributed by atoms with Gasteiger partial charge in [0, 0.05) is 0 Å². The zero-order valence-electron chi connectivity index (χ0n) is 10.1. The second-order valence-electron chi connectivity index (χ2n) is 4.99. The van der Waals surface area contributed by atoms with Gasteiger partial charge in [-0.05, 0) is 40.2 Å². The predicted octanol–water partition coefficient (Wildman–Crippen LogP) is 1.18. The molecule has 0 spiro atoms. The van der Waals surface area contributed by atoms with Crippen molar-refractivity contribution in [2.24, 2.45) is 0 Å². The van der Waals surface area contributed by atoms with Crippen LogP contribution in [0.25, 0.3) is 0 Å². The van der Waals surface area contributed by atoms with E-state index in [4.69, 9.17) is 4.74 Å². The second kappa shape index (κ2) is 5.30. The van der Waals surface area contributed by atoms with E-state index in [1.165, 1.54) is 0 Å². The Labute approximate surface area is 95.9 Å². The van der Waals surface area contributed by atoms with Gasteiger partial charge in [0.25, 0.3) is 0 Å². The normalized spacial score (nSPS) is 21.3. The van der Waals surface area contributed by atoms with Crippen LogP contribution in [0.5, 0.6) is 0 Å². The average Bonchev–Trinajstić information content (AvgIpc) is 2.16. The molecule has 0 unspecified atom stereocenters. The van der Waals surface area contributed by atoms with Crippen LogP contribution in [0.4, 0.5) is 4.79 Å². The van der Waals surface area contributed by atoms with E-state index >= 15 is 0 Å². The predicted molar refractivity (Wildman–Crippen MR) is 60.0 cm³/mol. The lowest BCUT2D eigenvalue weighted by molar-refractivity contribution is -0.123. The van der Waals surface area contributed by atoms with Crippen molar-refractivity contribution in [3.63, 3.8) is 0 Å². The highest BCUT2D eigenvalue weighted by molar-refractivity contribution is 5.94. The lowest BCUT2D eigenvalue weighted by atomic mass is 10.0. The van der Waals surface area contributed by atoms with Crippen LogP contribution in [0.15, 0.2) is 0 Å². The maximum Gasteiger partial charge on any atom is 0.414 e. The molecule has 0 aromatic heterocycles. The molecule has 2 N–H and O–H groups in total. The van der Waals surface area contributed by atoms with E-state index in [1.807, 2.05) is 0 Å². The van der Waals surface area contributed by atoms with E-state index in [-0.39, 0.29) is 11.9 Å². The van der Waals surface area contributed by atoms with Crippen LogP contribution in [0.1, 0.15) is 40.0 Å². The van der Waals surface area contributed by atoms with Gasteiger partial charge in [0.15, 0.2) is 0 Å². The monoisotopic (exact) mass is 228 g/mol. The lowest BCUT2D eigenvalue weighted by Crippen LogP contribution is -2.49. The van der Waals surface area contributed by atoms with Crippen LogP contribution in [0.3, 0.4) is 0 Å². The number of carbonyl (C=O) groups is 2. The number of alkyl carbamates (subject to hydrolysis) is 1. The van der Waals surface area contributed by atoms with E-state index in [9.17, 15) is 9.59 Å². The third-order valence-corrected chi connectivity index (χ3v) is 2.25. The van der Waals surface area contributed by atoms with Gasteiger partial charge < -0.3 is 10.1 Å². The van der Waals surface area contributed by atoms with Gasteiger partial charge in [0.1, 0.15) is 5.60 Å². The number of nitrogens with one attached hydrogen (secondary N) is 2. The minimum absolute atomic E-state index is 0.263. The minimum atomic E-state index is -0.676. The number of rotatable bonds is 1. The summed E-state index contributed by atoms with van der Waals surface area (Å²) in [5.74, 6) is -0.297. The van der Waals surface area contributed by atoms with Gasteiger partial charge in [-0.1, -0.05) is 6.42 Å². The summed E-state index contributed by atoms with van der Waals surface area (Å²) in [5.41, 5.74) is -0.579. The number of amides is 2. The first kappa shape index (κ1) is 13.0. The smallest absolute Gasteiger partial charge is 0.414 e. The number of hydrogen-bond acceptors (Lipinski definition) is 4. The third kappa shape index (κ3) is 4.61. The van der Waals surface area contributed by atoms with Gasteiger partial charge in [-0.15, -0.1) is 0 Å². The number of hydrogen-bond donors (Lipinski definition) is 2. The van der Waals surface area contributed by atoms with Crippen molar-refractivity contribution in [1.82, 2.24) is 10.6 Å². The molecule has 1 fully saturated rings. The summed E-state index contributed by atoms with van der Waals surface area (Å²) in [6.45, 7) is 6.11. The Balaban J connectivity index is 2.35. The molecule has 0 saturated carbocycles. The topological polar surface area (TPSA) is 67.4 Å². The molecule has 16 heavy (non-hydrogen) atoms. The molecule has 1 saturated heterocycles. The Hall–Kier alpha value is -1.10. The Morgan fingerprint density at radius 1 is 1.31 bits per heavy atom. The van der Waals surface area contributed by atoms with Crippen molar-refractivity contribution in [3.05, 3.63) is 0 Å². The summed E-state index contributed by atoms with van der Waals surface area (Å²) >= 11 is 0. The molecule has 1 rings (SSSR count).